The molecule has 2 N–H and O–H groups in total. The lowest BCUT2D eigenvalue weighted by molar-refractivity contribution is -0.129. The van der Waals surface area contributed by atoms with Crippen LogP contribution in [0.3, 0.4) is 0 Å². The number of benzene rings is 1. The standard InChI is InChI=1S/C19H21ClN4O3/c1-11-5-14(27-23-11)10-26-18-8-16-12(7-15(18)20)6-13(22-16)9-21-19(25)17-3-4-24(17)2/h5-8,17,22H,3-4,9-10H2,1-2H3,(H,21,25). The highest BCUT2D eigenvalue weighted by atomic mass is 35.5. The van der Waals surface area contributed by atoms with E-state index in [1.807, 2.05) is 43.1 Å². The second-order valence-electron chi connectivity index (χ2n) is 6.89. The number of halogens is 1. The number of hydrogen-bond acceptors (Lipinski definition) is 5. The summed E-state index contributed by atoms with van der Waals surface area (Å²) in [6.45, 7) is 3.53. The predicted octanol–water partition coefficient (Wildman–Crippen LogP) is 3.02. The monoisotopic (exact) mass is 388 g/mol. The molecule has 1 aliphatic rings. The van der Waals surface area contributed by atoms with Gasteiger partial charge in [0.05, 0.1) is 23.3 Å². The van der Waals surface area contributed by atoms with Gasteiger partial charge in [0.15, 0.2) is 5.76 Å². The maximum atomic E-state index is 12.1. The second kappa shape index (κ2) is 7.25. The van der Waals surface area contributed by atoms with Crippen molar-refractivity contribution in [1.29, 1.82) is 0 Å². The van der Waals surface area contributed by atoms with E-state index in [-0.39, 0.29) is 18.6 Å². The second-order valence-corrected chi connectivity index (χ2v) is 7.30. The molecule has 1 amide bonds. The van der Waals surface area contributed by atoms with Crippen molar-refractivity contribution in [3.8, 4) is 5.75 Å². The van der Waals surface area contributed by atoms with E-state index < -0.39 is 0 Å². The third kappa shape index (κ3) is 3.79. The molecule has 0 saturated carbocycles. The fourth-order valence-corrected chi connectivity index (χ4v) is 3.41. The summed E-state index contributed by atoms with van der Waals surface area (Å²) in [5.41, 5.74) is 2.62. The van der Waals surface area contributed by atoms with Gasteiger partial charge in [0.25, 0.3) is 0 Å². The van der Waals surface area contributed by atoms with Crippen LogP contribution in [0.2, 0.25) is 5.02 Å². The maximum absolute atomic E-state index is 12.1. The van der Waals surface area contributed by atoms with Crippen LogP contribution >= 0.6 is 11.6 Å². The number of aryl methyl sites for hydroxylation is 1. The Bertz CT molecular complexity index is 981. The van der Waals surface area contributed by atoms with Crippen LogP contribution in [0, 0.1) is 6.92 Å². The summed E-state index contributed by atoms with van der Waals surface area (Å²) in [6.07, 6.45) is 0.913. The first-order valence-corrected chi connectivity index (χ1v) is 9.21. The Kier molecular flexibility index (Phi) is 4.80. The van der Waals surface area contributed by atoms with Crippen LogP contribution in [0.1, 0.15) is 23.6 Å². The van der Waals surface area contributed by atoms with E-state index in [4.69, 9.17) is 20.9 Å². The van der Waals surface area contributed by atoms with Crippen LogP contribution in [0.5, 0.6) is 5.75 Å². The normalized spacial score (nSPS) is 17.1. The lowest BCUT2D eigenvalue weighted by Gasteiger charge is -2.36. The first-order valence-electron chi connectivity index (χ1n) is 8.83. The van der Waals surface area contributed by atoms with Gasteiger partial charge < -0.3 is 19.6 Å². The largest absolute Gasteiger partial charge is 0.484 e. The molecule has 1 atom stereocenters. The number of aromatic amines is 1. The number of likely N-dealkylation sites (tertiary alicyclic amines) is 1. The number of nitrogens with zero attached hydrogens (tertiary/aromatic N) is 2. The van der Waals surface area contributed by atoms with Crippen molar-refractivity contribution < 1.29 is 14.1 Å². The van der Waals surface area contributed by atoms with Crippen LogP contribution < -0.4 is 10.1 Å². The minimum atomic E-state index is -0.0106. The van der Waals surface area contributed by atoms with Crippen molar-refractivity contribution in [2.75, 3.05) is 13.6 Å². The van der Waals surface area contributed by atoms with E-state index in [0.29, 0.717) is 23.1 Å². The molecule has 27 heavy (non-hydrogen) atoms. The van der Waals surface area contributed by atoms with Crippen molar-refractivity contribution in [2.24, 2.45) is 0 Å². The number of nitrogens with one attached hydrogen (secondary N) is 2. The van der Waals surface area contributed by atoms with Gasteiger partial charge >= 0.3 is 0 Å². The van der Waals surface area contributed by atoms with Crippen LogP contribution in [0.15, 0.2) is 28.8 Å². The molecule has 142 valence electrons. The van der Waals surface area contributed by atoms with Crippen molar-refractivity contribution >= 4 is 28.4 Å². The minimum absolute atomic E-state index is 0.0106. The molecule has 0 bridgehead atoms. The van der Waals surface area contributed by atoms with Gasteiger partial charge in [0.1, 0.15) is 12.4 Å². The first kappa shape index (κ1) is 17.9. The quantitative estimate of drug-likeness (QED) is 0.678. The summed E-state index contributed by atoms with van der Waals surface area (Å²) in [4.78, 5) is 17.5. The predicted molar refractivity (Wildman–Crippen MR) is 102 cm³/mol. The summed E-state index contributed by atoms with van der Waals surface area (Å²) in [7, 11) is 1.96. The lowest BCUT2D eigenvalue weighted by atomic mass is 10.0. The van der Waals surface area contributed by atoms with Gasteiger partial charge in [-0.2, -0.15) is 0 Å². The van der Waals surface area contributed by atoms with Gasteiger partial charge in [-0.15, -0.1) is 0 Å². The molecule has 3 aromatic rings. The van der Waals surface area contributed by atoms with E-state index >= 15 is 0 Å². The zero-order chi connectivity index (χ0) is 19.0. The molecule has 1 aliphatic heterocycles. The average molecular weight is 389 g/mol. The van der Waals surface area contributed by atoms with Crippen LogP contribution in [-0.4, -0.2) is 40.6 Å². The summed E-state index contributed by atoms with van der Waals surface area (Å²) in [5, 5.41) is 8.29. The summed E-state index contributed by atoms with van der Waals surface area (Å²) < 4.78 is 10.9. The Morgan fingerprint density at radius 3 is 2.96 bits per heavy atom. The number of aromatic nitrogens is 2. The molecule has 1 aromatic carbocycles. The fourth-order valence-electron chi connectivity index (χ4n) is 3.18. The van der Waals surface area contributed by atoms with Crippen molar-refractivity contribution in [3.63, 3.8) is 0 Å². The third-order valence-electron chi connectivity index (χ3n) is 4.82. The zero-order valence-corrected chi connectivity index (χ0v) is 16.0. The van der Waals surface area contributed by atoms with Crippen molar-refractivity contribution in [3.05, 3.63) is 46.4 Å². The average Bonchev–Trinajstić information content (AvgIpc) is 3.21. The Labute approximate surface area is 161 Å². The number of ether oxygens (including phenoxy) is 1. The highest BCUT2D eigenvalue weighted by Crippen LogP contribution is 2.31. The molecule has 0 spiro atoms. The minimum Gasteiger partial charge on any atom is -0.484 e. The van der Waals surface area contributed by atoms with E-state index in [9.17, 15) is 4.79 Å². The number of amides is 1. The zero-order valence-electron chi connectivity index (χ0n) is 15.2. The Morgan fingerprint density at radius 1 is 1.44 bits per heavy atom. The van der Waals surface area contributed by atoms with Crippen LogP contribution in [0.4, 0.5) is 0 Å². The summed E-state index contributed by atoms with van der Waals surface area (Å²) in [6, 6.07) is 7.49. The Morgan fingerprint density at radius 2 is 2.30 bits per heavy atom. The number of carbonyl (C=O) groups excluding carboxylic acids is 1. The molecular weight excluding hydrogens is 368 g/mol. The van der Waals surface area contributed by atoms with Crippen molar-refractivity contribution in [1.82, 2.24) is 20.4 Å². The smallest absolute Gasteiger partial charge is 0.237 e. The molecule has 1 fully saturated rings. The highest BCUT2D eigenvalue weighted by molar-refractivity contribution is 6.32. The van der Waals surface area contributed by atoms with Crippen LogP contribution in [0.25, 0.3) is 10.9 Å². The highest BCUT2D eigenvalue weighted by Gasteiger charge is 2.30. The van der Waals surface area contributed by atoms with E-state index in [0.717, 1.165) is 35.3 Å². The number of rotatable bonds is 6. The fraction of sp³-hybridized carbons (Fsp3) is 0.368. The molecule has 0 radical (unpaired) electrons. The summed E-state index contributed by atoms with van der Waals surface area (Å²) in [5.74, 6) is 1.26. The van der Waals surface area contributed by atoms with E-state index in [1.165, 1.54) is 0 Å². The molecule has 1 saturated heterocycles. The van der Waals surface area contributed by atoms with Crippen molar-refractivity contribution in [2.45, 2.75) is 32.5 Å². The number of H-pyrrole nitrogens is 1. The molecule has 1 unspecified atom stereocenters. The number of likely N-dealkylation sites (N-methyl/N-ethyl adjacent to an activating group) is 1. The number of fused-ring (bicyclic) bond motifs is 1. The van der Waals surface area contributed by atoms with Crippen LogP contribution in [-0.2, 0) is 17.9 Å². The lowest BCUT2D eigenvalue weighted by Crippen LogP contribution is -2.53. The van der Waals surface area contributed by atoms with E-state index in [2.05, 4.69) is 15.5 Å². The van der Waals surface area contributed by atoms with Gasteiger partial charge in [0.2, 0.25) is 5.91 Å². The van der Waals surface area contributed by atoms with Gasteiger partial charge in [-0.1, -0.05) is 16.8 Å². The molecule has 8 heteroatoms. The third-order valence-corrected chi connectivity index (χ3v) is 5.11. The van der Waals surface area contributed by atoms with E-state index in [1.54, 1.807) is 0 Å². The molecule has 2 aromatic heterocycles. The first-order chi connectivity index (χ1) is 13.0. The van der Waals surface area contributed by atoms with Gasteiger partial charge in [0, 0.05) is 35.3 Å². The molecule has 7 nitrogen and oxygen atoms in total. The maximum Gasteiger partial charge on any atom is 0.237 e. The molecule has 3 heterocycles. The van der Waals surface area contributed by atoms with Gasteiger partial charge in [-0.3, -0.25) is 9.69 Å². The molecule has 4 rings (SSSR count). The molecular formula is C19H21ClN4O3. The molecule has 0 aliphatic carbocycles. The number of hydrogen-bond donors (Lipinski definition) is 2. The number of carbonyl (C=O) groups is 1. The SMILES string of the molecule is Cc1cc(COc2cc3[nH]c(CNC(=O)C4CCN4C)cc3cc2Cl)on1. The van der Waals surface area contributed by atoms with Gasteiger partial charge in [-0.25, -0.2) is 0 Å². The Hall–Kier alpha value is -2.51. The topological polar surface area (TPSA) is 83.4 Å². The van der Waals surface area contributed by atoms with Gasteiger partial charge in [-0.05, 0) is 32.5 Å². The Balaban J connectivity index is 1.43. The summed E-state index contributed by atoms with van der Waals surface area (Å²) >= 11 is 6.34.